The van der Waals surface area contributed by atoms with Crippen molar-refractivity contribution in [3.8, 4) is 5.95 Å². The standard InChI is InChI=1S/C13H19N7/c1-3-19(4-2)12-15-11(14)16-13(17-12)20-8-7-10(18-20)9-5-6-9/h7-9H,3-6H2,1-2H3,(H2,14,15,16,17). The molecule has 0 aromatic carbocycles. The summed E-state index contributed by atoms with van der Waals surface area (Å²) in [5.41, 5.74) is 6.90. The van der Waals surface area contributed by atoms with Crippen LogP contribution in [0.2, 0.25) is 0 Å². The van der Waals surface area contributed by atoms with Gasteiger partial charge in [0, 0.05) is 25.2 Å². The first-order chi connectivity index (χ1) is 9.71. The molecule has 1 fully saturated rings. The zero-order chi connectivity index (χ0) is 14.1. The zero-order valence-corrected chi connectivity index (χ0v) is 11.8. The van der Waals surface area contributed by atoms with Gasteiger partial charge in [-0.05, 0) is 32.8 Å². The molecule has 1 aliphatic rings. The second-order valence-corrected chi connectivity index (χ2v) is 4.93. The van der Waals surface area contributed by atoms with Gasteiger partial charge in [-0.1, -0.05) is 0 Å². The van der Waals surface area contributed by atoms with E-state index < -0.39 is 0 Å². The van der Waals surface area contributed by atoms with Gasteiger partial charge in [-0.15, -0.1) is 0 Å². The molecule has 0 spiro atoms. The van der Waals surface area contributed by atoms with Gasteiger partial charge in [0.1, 0.15) is 0 Å². The summed E-state index contributed by atoms with van der Waals surface area (Å²) in [6, 6.07) is 2.02. The minimum Gasteiger partial charge on any atom is -0.368 e. The predicted octanol–water partition coefficient (Wildman–Crippen LogP) is 1.36. The SMILES string of the molecule is CCN(CC)c1nc(N)nc(-n2ccc(C3CC3)n2)n1. The van der Waals surface area contributed by atoms with E-state index in [9.17, 15) is 0 Å². The first kappa shape index (κ1) is 12.8. The van der Waals surface area contributed by atoms with Gasteiger partial charge >= 0.3 is 0 Å². The monoisotopic (exact) mass is 273 g/mol. The Morgan fingerprint density at radius 2 is 2.00 bits per heavy atom. The molecule has 0 aliphatic heterocycles. The number of anilines is 2. The fraction of sp³-hybridized carbons (Fsp3) is 0.538. The zero-order valence-electron chi connectivity index (χ0n) is 11.8. The molecule has 0 atom stereocenters. The van der Waals surface area contributed by atoms with Crippen LogP contribution in [0, 0.1) is 0 Å². The van der Waals surface area contributed by atoms with E-state index in [1.807, 2.05) is 17.2 Å². The molecule has 2 heterocycles. The van der Waals surface area contributed by atoms with Crippen molar-refractivity contribution in [3.63, 3.8) is 0 Å². The molecule has 1 aliphatic carbocycles. The smallest absolute Gasteiger partial charge is 0.257 e. The highest BCUT2D eigenvalue weighted by Crippen LogP contribution is 2.38. The molecule has 7 heteroatoms. The number of rotatable bonds is 5. The average molecular weight is 273 g/mol. The lowest BCUT2D eigenvalue weighted by molar-refractivity contribution is 0.752. The summed E-state index contributed by atoms with van der Waals surface area (Å²) in [5.74, 6) is 1.91. The third kappa shape index (κ3) is 2.43. The van der Waals surface area contributed by atoms with E-state index in [0.29, 0.717) is 17.8 Å². The van der Waals surface area contributed by atoms with Crippen LogP contribution in [0.4, 0.5) is 11.9 Å². The van der Waals surface area contributed by atoms with Crippen LogP contribution in [-0.4, -0.2) is 37.8 Å². The maximum atomic E-state index is 5.79. The predicted molar refractivity (Wildman–Crippen MR) is 76.9 cm³/mol. The van der Waals surface area contributed by atoms with E-state index >= 15 is 0 Å². The van der Waals surface area contributed by atoms with Crippen molar-refractivity contribution in [1.82, 2.24) is 24.7 Å². The Kier molecular flexibility index (Phi) is 3.25. The van der Waals surface area contributed by atoms with Gasteiger partial charge in [0.2, 0.25) is 11.9 Å². The molecule has 2 aromatic heterocycles. The number of nitrogens with zero attached hydrogens (tertiary/aromatic N) is 6. The molecule has 0 radical (unpaired) electrons. The molecule has 2 N–H and O–H groups in total. The molecule has 106 valence electrons. The van der Waals surface area contributed by atoms with Gasteiger partial charge in [0.05, 0.1) is 5.69 Å². The number of nitrogens with two attached hydrogens (primary N) is 1. The molecular weight excluding hydrogens is 254 g/mol. The molecule has 0 bridgehead atoms. The molecule has 7 nitrogen and oxygen atoms in total. The summed E-state index contributed by atoms with van der Waals surface area (Å²) >= 11 is 0. The van der Waals surface area contributed by atoms with E-state index in [4.69, 9.17) is 5.73 Å². The van der Waals surface area contributed by atoms with Crippen LogP contribution in [-0.2, 0) is 0 Å². The van der Waals surface area contributed by atoms with E-state index in [-0.39, 0.29) is 5.95 Å². The Hall–Kier alpha value is -2.18. The van der Waals surface area contributed by atoms with Gasteiger partial charge in [-0.25, -0.2) is 4.68 Å². The molecule has 0 unspecified atom stereocenters. The normalized spacial score (nSPS) is 14.5. The van der Waals surface area contributed by atoms with Crippen molar-refractivity contribution in [2.24, 2.45) is 0 Å². The summed E-state index contributed by atoms with van der Waals surface area (Å²) in [5, 5.41) is 4.53. The second kappa shape index (κ2) is 5.07. The average Bonchev–Trinajstić information content (AvgIpc) is 3.17. The van der Waals surface area contributed by atoms with Gasteiger partial charge in [0.15, 0.2) is 0 Å². The summed E-state index contributed by atoms with van der Waals surface area (Å²) in [6.07, 6.45) is 4.33. The Balaban J connectivity index is 1.95. The van der Waals surface area contributed by atoms with Crippen molar-refractivity contribution >= 4 is 11.9 Å². The third-order valence-electron chi connectivity index (χ3n) is 3.49. The van der Waals surface area contributed by atoms with Gasteiger partial charge in [-0.3, -0.25) is 0 Å². The molecule has 0 amide bonds. The quantitative estimate of drug-likeness (QED) is 0.885. The lowest BCUT2D eigenvalue weighted by Crippen LogP contribution is -2.25. The van der Waals surface area contributed by atoms with Crippen LogP contribution in [0.25, 0.3) is 5.95 Å². The Morgan fingerprint density at radius 1 is 1.25 bits per heavy atom. The van der Waals surface area contributed by atoms with Crippen LogP contribution >= 0.6 is 0 Å². The molecule has 1 saturated carbocycles. The Morgan fingerprint density at radius 3 is 2.65 bits per heavy atom. The summed E-state index contributed by atoms with van der Waals surface area (Å²) in [4.78, 5) is 14.9. The molecular formula is C13H19N7. The Labute approximate surface area is 117 Å². The fourth-order valence-electron chi connectivity index (χ4n) is 2.17. The van der Waals surface area contributed by atoms with Crippen molar-refractivity contribution < 1.29 is 0 Å². The largest absolute Gasteiger partial charge is 0.368 e. The topological polar surface area (TPSA) is 85.8 Å². The van der Waals surface area contributed by atoms with Crippen molar-refractivity contribution in [1.29, 1.82) is 0 Å². The van der Waals surface area contributed by atoms with Crippen molar-refractivity contribution in [2.75, 3.05) is 23.7 Å². The first-order valence-corrected chi connectivity index (χ1v) is 7.03. The van der Waals surface area contributed by atoms with Crippen LogP contribution in [0.1, 0.15) is 38.3 Å². The van der Waals surface area contributed by atoms with E-state index in [0.717, 1.165) is 18.8 Å². The molecule has 0 saturated heterocycles. The molecule has 3 rings (SSSR count). The van der Waals surface area contributed by atoms with E-state index in [2.05, 4.69) is 33.9 Å². The first-order valence-electron chi connectivity index (χ1n) is 7.03. The highest BCUT2D eigenvalue weighted by atomic mass is 15.4. The highest BCUT2D eigenvalue weighted by molar-refractivity contribution is 5.37. The second-order valence-electron chi connectivity index (χ2n) is 4.93. The van der Waals surface area contributed by atoms with E-state index in [1.54, 1.807) is 4.68 Å². The van der Waals surface area contributed by atoms with E-state index in [1.165, 1.54) is 12.8 Å². The van der Waals surface area contributed by atoms with Gasteiger partial charge in [0.25, 0.3) is 5.95 Å². The molecule has 20 heavy (non-hydrogen) atoms. The molecule has 2 aromatic rings. The van der Waals surface area contributed by atoms with Crippen molar-refractivity contribution in [3.05, 3.63) is 18.0 Å². The number of nitrogen functional groups attached to an aromatic ring is 1. The third-order valence-corrected chi connectivity index (χ3v) is 3.49. The number of hydrogen-bond acceptors (Lipinski definition) is 6. The highest BCUT2D eigenvalue weighted by Gasteiger charge is 2.26. The van der Waals surface area contributed by atoms with Crippen LogP contribution in [0.3, 0.4) is 0 Å². The summed E-state index contributed by atoms with van der Waals surface area (Å²) < 4.78 is 1.68. The number of hydrogen-bond donors (Lipinski definition) is 1. The minimum absolute atomic E-state index is 0.223. The summed E-state index contributed by atoms with van der Waals surface area (Å²) in [7, 11) is 0. The van der Waals surface area contributed by atoms with Crippen LogP contribution < -0.4 is 10.6 Å². The fourth-order valence-corrected chi connectivity index (χ4v) is 2.17. The van der Waals surface area contributed by atoms with Gasteiger partial charge in [-0.2, -0.15) is 20.1 Å². The maximum Gasteiger partial charge on any atom is 0.257 e. The van der Waals surface area contributed by atoms with Crippen LogP contribution in [0.5, 0.6) is 0 Å². The summed E-state index contributed by atoms with van der Waals surface area (Å²) in [6.45, 7) is 5.77. The Bertz CT molecular complexity index is 599. The minimum atomic E-state index is 0.223. The van der Waals surface area contributed by atoms with Gasteiger partial charge < -0.3 is 10.6 Å². The lowest BCUT2D eigenvalue weighted by atomic mass is 10.3. The van der Waals surface area contributed by atoms with Crippen molar-refractivity contribution in [2.45, 2.75) is 32.6 Å². The maximum absolute atomic E-state index is 5.79. The number of aromatic nitrogens is 5. The lowest BCUT2D eigenvalue weighted by Gasteiger charge is -2.18. The van der Waals surface area contributed by atoms with Crippen LogP contribution in [0.15, 0.2) is 12.3 Å².